The summed E-state index contributed by atoms with van der Waals surface area (Å²) in [7, 11) is 0. The Morgan fingerprint density at radius 1 is 1.12 bits per heavy atom. The number of carbonyl (C=O) groups excluding carboxylic acids is 1. The highest BCUT2D eigenvalue weighted by atomic mass is 32.1. The highest BCUT2D eigenvalue weighted by Crippen LogP contribution is 2.21. The minimum atomic E-state index is -0.192. The number of carbonyl (C=O) groups is 1. The van der Waals surface area contributed by atoms with Crippen molar-refractivity contribution < 1.29 is 9.53 Å². The fourth-order valence-corrected chi connectivity index (χ4v) is 3.08. The van der Waals surface area contributed by atoms with E-state index in [4.69, 9.17) is 4.74 Å². The van der Waals surface area contributed by atoms with Crippen molar-refractivity contribution in [3.8, 4) is 5.75 Å². The molecule has 1 heterocycles. The van der Waals surface area contributed by atoms with Gasteiger partial charge in [0, 0.05) is 11.0 Å². The first-order valence-corrected chi connectivity index (χ1v) is 9.12. The number of aromatic nitrogens is 1. The molecule has 1 amide bonds. The van der Waals surface area contributed by atoms with Gasteiger partial charge < -0.3 is 4.74 Å². The molecule has 0 unspecified atom stereocenters. The van der Waals surface area contributed by atoms with Gasteiger partial charge in [-0.05, 0) is 43.2 Å². The Labute approximate surface area is 157 Å². The zero-order valence-electron chi connectivity index (χ0n) is 14.7. The van der Waals surface area contributed by atoms with Crippen molar-refractivity contribution in [2.45, 2.75) is 20.5 Å². The number of nitrogens with zero attached hydrogens (tertiary/aromatic N) is 1. The van der Waals surface area contributed by atoms with Crippen LogP contribution in [0.4, 0.5) is 5.13 Å². The van der Waals surface area contributed by atoms with Gasteiger partial charge in [-0.2, -0.15) is 0 Å². The Kier molecular flexibility index (Phi) is 5.81. The molecule has 0 bridgehead atoms. The molecule has 0 aliphatic heterocycles. The van der Waals surface area contributed by atoms with Gasteiger partial charge in [0.15, 0.2) is 5.13 Å². The average molecular weight is 364 g/mol. The van der Waals surface area contributed by atoms with Crippen LogP contribution < -0.4 is 10.1 Å². The van der Waals surface area contributed by atoms with Gasteiger partial charge in [0.25, 0.3) is 0 Å². The van der Waals surface area contributed by atoms with Crippen LogP contribution in [-0.4, -0.2) is 10.9 Å². The van der Waals surface area contributed by atoms with Crippen LogP contribution in [0.5, 0.6) is 5.75 Å². The quantitative estimate of drug-likeness (QED) is 0.627. The van der Waals surface area contributed by atoms with Crippen molar-refractivity contribution in [3.05, 3.63) is 82.4 Å². The molecule has 3 aromatic rings. The monoisotopic (exact) mass is 364 g/mol. The topological polar surface area (TPSA) is 51.2 Å². The minimum absolute atomic E-state index is 0.192. The molecule has 4 nitrogen and oxygen atoms in total. The van der Waals surface area contributed by atoms with E-state index in [1.807, 2.05) is 68.4 Å². The smallest absolute Gasteiger partial charge is 0.250 e. The van der Waals surface area contributed by atoms with Crippen LogP contribution in [0.2, 0.25) is 0 Å². The van der Waals surface area contributed by atoms with E-state index in [0.29, 0.717) is 11.7 Å². The molecule has 0 fully saturated rings. The predicted octanol–water partition coefficient (Wildman–Crippen LogP) is 4.99. The summed E-state index contributed by atoms with van der Waals surface area (Å²) in [5.41, 5.74) is 3.00. The lowest BCUT2D eigenvalue weighted by atomic mass is 10.2. The maximum absolute atomic E-state index is 12.0. The van der Waals surface area contributed by atoms with Gasteiger partial charge in [-0.15, -0.1) is 11.3 Å². The molecule has 1 N–H and O–H groups in total. The van der Waals surface area contributed by atoms with Gasteiger partial charge in [0.1, 0.15) is 12.4 Å². The van der Waals surface area contributed by atoms with Gasteiger partial charge in [-0.1, -0.05) is 42.5 Å². The summed E-state index contributed by atoms with van der Waals surface area (Å²) in [5.74, 6) is 0.604. The fourth-order valence-electron chi connectivity index (χ4n) is 2.26. The van der Waals surface area contributed by atoms with Crippen molar-refractivity contribution in [1.29, 1.82) is 0 Å². The molecule has 3 rings (SSSR count). The molecule has 1 aromatic heterocycles. The largest absolute Gasteiger partial charge is 0.489 e. The van der Waals surface area contributed by atoms with E-state index in [0.717, 1.165) is 27.4 Å². The molecule has 5 heteroatoms. The predicted molar refractivity (Wildman–Crippen MR) is 106 cm³/mol. The molecule has 132 valence electrons. The SMILES string of the molecule is Cc1nc(NC(=O)/C=C/c2ccc(OCc3ccccc3)cc2)sc1C. The minimum Gasteiger partial charge on any atom is -0.489 e. The third-order valence-electron chi connectivity index (χ3n) is 3.81. The van der Waals surface area contributed by atoms with Crippen LogP contribution in [-0.2, 0) is 11.4 Å². The Morgan fingerprint density at radius 2 is 1.85 bits per heavy atom. The van der Waals surface area contributed by atoms with Crippen molar-refractivity contribution in [3.63, 3.8) is 0 Å². The summed E-state index contributed by atoms with van der Waals surface area (Å²) in [4.78, 5) is 17.4. The first-order chi connectivity index (χ1) is 12.6. The van der Waals surface area contributed by atoms with Crippen LogP contribution in [0.25, 0.3) is 6.08 Å². The van der Waals surface area contributed by atoms with Crippen molar-refractivity contribution in [2.75, 3.05) is 5.32 Å². The van der Waals surface area contributed by atoms with Gasteiger partial charge in [-0.3, -0.25) is 10.1 Å². The molecular formula is C21H20N2O2S. The molecule has 0 aliphatic rings. The second kappa shape index (κ2) is 8.45. The van der Waals surface area contributed by atoms with Crippen molar-refractivity contribution >= 4 is 28.5 Å². The average Bonchev–Trinajstić information content (AvgIpc) is 2.97. The van der Waals surface area contributed by atoms with E-state index in [1.165, 1.54) is 17.4 Å². The van der Waals surface area contributed by atoms with Gasteiger partial charge in [-0.25, -0.2) is 4.98 Å². The van der Waals surface area contributed by atoms with E-state index in [-0.39, 0.29) is 5.91 Å². The summed E-state index contributed by atoms with van der Waals surface area (Å²) < 4.78 is 5.75. The highest BCUT2D eigenvalue weighted by Gasteiger charge is 2.05. The number of aryl methyl sites for hydroxylation is 2. The molecular weight excluding hydrogens is 344 g/mol. The second-order valence-electron chi connectivity index (χ2n) is 5.83. The molecule has 0 aliphatic carbocycles. The second-order valence-corrected chi connectivity index (χ2v) is 7.03. The van der Waals surface area contributed by atoms with Crippen LogP contribution in [0.1, 0.15) is 21.7 Å². The van der Waals surface area contributed by atoms with Crippen LogP contribution in [0.3, 0.4) is 0 Å². The number of thiazole rings is 1. The number of rotatable bonds is 6. The number of benzene rings is 2. The zero-order chi connectivity index (χ0) is 18.4. The molecule has 26 heavy (non-hydrogen) atoms. The molecule has 0 atom stereocenters. The number of hydrogen-bond acceptors (Lipinski definition) is 4. The Bertz CT molecular complexity index is 880. The number of amides is 1. The van der Waals surface area contributed by atoms with E-state index < -0.39 is 0 Å². The summed E-state index contributed by atoms with van der Waals surface area (Å²) in [6.45, 7) is 4.45. The van der Waals surface area contributed by atoms with Crippen LogP contribution in [0.15, 0.2) is 60.7 Å². The van der Waals surface area contributed by atoms with Crippen LogP contribution >= 0.6 is 11.3 Å². The first kappa shape index (κ1) is 17.9. The fraction of sp³-hybridized carbons (Fsp3) is 0.143. The number of anilines is 1. The van der Waals surface area contributed by atoms with E-state index in [9.17, 15) is 4.79 Å². The van der Waals surface area contributed by atoms with Crippen molar-refractivity contribution in [2.24, 2.45) is 0 Å². The van der Waals surface area contributed by atoms with Crippen molar-refractivity contribution in [1.82, 2.24) is 4.98 Å². The number of ether oxygens (including phenoxy) is 1. The first-order valence-electron chi connectivity index (χ1n) is 8.30. The molecule has 0 radical (unpaired) electrons. The summed E-state index contributed by atoms with van der Waals surface area (Å²) in [6.07, 6.45) is 3.27. The van der Waals surface area contributed by atoms with Gasteiger partial charge >= 0.3 is 0 Å². The summed E-state index contributed by atoms with van der Waals surface area (Å²) >= 11 is 1.48. The van der Waals surface area contributed by atoms with E-state index >= 15 is 0 Å². The Morgan fingerprint density at radius 3 is 2.50 bits per heavy atom. The molecule has 0 saturated heterocycles. The highest BCUT2D eigenvalue weighted by molar-refractivity contribution is 7.15. The molecule has 2 aromatic carbocycles. The van der Waals surface area contributed by atoms with Gasteiger partial charge in [0.2, 0.25) is 5.91 Å². The summed E-state index contributed by atoms with van der Waals surface area (Å²) in [5, 5.41) is 3.41. The lowest BCUT2D eigenvalue weighted by Crippen LogP contribution is -2.07. The number of nitrogens with one attached hydrogen (secondary N) is 1. The Balaban J connectivity index is 1.53. The van der Waals surface area contributed by atoms with E-state index in [1.54, 1.807) is 6.08 Å². The third-order valence-corrected chi connectivity index (χ3v) is 4.80. The van der Waals surface area contributed by atoms with Crippen LogP contribution in [0, 0.1) is 13.8 Å². The normalized spacial score (nSPS) is 10.8. The lowest BCUT2D eigenvalue weighted by molar-refractivity contribution is -0.111. The standard InChI is InChI=1S/C21H20N2O2S/c1-15-16(2)26-21(22-15)23-20(24)13-10-17-8-11-19(12-9-17)25-14-18-6-4-3-5-7-18/h3-13H,14H2,1-2H3,(H,22,23,24)/b13-10+. The maximum Gasteiger partial charge on any atom is 0.250 e. The molecule has 0 saturated carbocycles. The van der Waals surface area contributed by atoms with Gasteiger partial charge in [0.05, 0.1) is 5.69 Å². The maximum atomic E-state index is 12.0. The third kappa shape index (κ3) is 5.04. The lowest BCUT2D eigenvalue weighted by Gasteiger charge is -2.06. The summed E-state index contributed by atoms with van der Waals surface area (Å²) in [6, 6.07) is 17.7. The zero-order valence-corrected chi connectivity index (χ0v) is 15.5. The molecule has 0 spiro atoms. The number of hydrogen-bond donors (Lipinski definition) is 1. The van der Waals surface area contributed by atoms with E-state index in [2.05, 4.69) is 10.3 Å². The Hall–Kier alpha value is -2.92.